The third-order valence-corrected chi connectivity index (χ3v) is 5.79. The molecule has 0 radical (unpaired) electrons. The molecule has 142 valence electrons. The Morgan fingerprint density at radius 3 is 2.57 bits per heavy atom. The second-order valence-electron chi connectivity index (χ2n) is 6.90. The monoisotopic (exact) mass is 390 g/mol. The van der Waals surface area contributed by atoms with Crippen LogP contribution in [-0.2, 0) is 11.3 Å². The molecule has 28 heavy (non-hydrogen) atoms. The third kappa shape index (κ3) is 3.28. The number of aromatic nitrogens is 2. The normalized spacial score (nSPS) is 11.2. The number of benzene rings is 2. The van der Waals surface area contributed by atoms with Crippen LogP contribution in [0.25, 0.3) is 32.7 Å². The van der Waals surface area contributed by atoms with E-state index in [-0.39, 0.29) is 5.56 Å². The van der Waals surface area contributed by atoms with Gasteiger partial charge in [-0.2, -0.15) is 0 Å². The molecule has 2 aromatic carbocycles. The van der Waals surface area contributed by atoms with Crippen LogP contribution in [0.4, 0.5) is 0 Å². The molecule has 5 heteroatoms. The lowest BCUT2D eigenvalue weighted by atomic mass is 9.99. The van der Waals surface area contributed by atoms with Crippen molar-refractivity contribution in [1.82, 2.24) is 9.55 Å². The number of fused-ring (bicyclic) bond motifs is 1. The van der Waals surface area contributed by atoms with Crippen molar-refractivity contribution in [2.75, 3.05) is 13.7 Å². The fourth-order valence-electron chi connectivity index (χ4n) is 3.54. The Morgan fingerprint density at radius 1 is 1.07 bits per heavy atom. The van der Waals surface area contributed by atoms with E-state index in [9.17, 15) is 4.79 Å². The van der Waals surface area contributed by atoms with E-state index in [0.717, 1.165) is 27.1 Å². The largest absolute Gasteiger partial charge is 0.383 e. The molecule has 0 aliphatic rings. The first kappa shape index (κ1) is 18.6. The summed E-state index contributed by atoms with van der Waals surface area (Å²) in [5, 5.41) is 2.74. The standard InChI is InChI=1S/C23H22N2O2S/c1-15-9-10-18(16(2)13-15)19-14-28-22-20(19)23(26)25(11-12-27-3)21(24-22)17-7-5-4-6-8-17/h4-10,13-14H,11-12H2,1-3H3. The van der Waals surface area contributed by atoms with Crippen LogP contribution in [-0.4, -0.2) is 23.3 Å². The van der Waals surface area contributed by atoms with Gasteiger partial charge < -0.3 is 4.74 Å². The van der Waals surface area contributed by atoms with Gasteiger partial charge in [0.25, 0.3) is 5.56 Å². The van der Waals surface area contributed by atoms with Gasteiger partial charge in [-0.15, -0.1) is 11.3 Å². The van der Waals surface area contributed by atoms with E-state index in [2.05, 4.69) is 32.0 Å². The summed E-state index contributed by atoms with van der Waals surface area (Å²) in [5.41, 5.74) is 5.33. The highest BCUT2D eigenvalue weighted by atomic mass is 32.1. The Morgan fingerprint density at radius 2 is 1.86 bits per heavy atom. The second-order valence-corrected chi connectivity index (χ2v) is 7.76. The fraction of sp³-hybridized carbons (Fsp3) is 0.217. The van der Waals surface area contributed by atoms with Gasteiger partial charge in [-0.05, 0) is 25.0 Å². The molecule has 0 fully saturated rings. The van der Waals surface area contributed by atoms with Crippen molar-refractivity contribution in [2.45, 2.75) is 20.4 Å². The number of nitrogens with zero attached hydrogens (tertiary/aromatic N) is 2. The molecule has 0 saturated heterocycles. The predicted octanol–water partition coefficient (Wildman–Crippen LogP) is 5.06. The van der Waals surface area contributed by atoms with Gasteiger partial charge >= 0.3 is 0 Å². The van der Waals surface area contributed by atoms with Crippen LogP contribution in [0.5, 0.6) is 0 Å². The topological polar surface area (TPSA) is 44.1 Å². The van der Waals surface area contributed by atoms with E-state index in [1.165, 1.54) is 16.9 Å². The zero-order chi connectivity index (χ0) is 19.7. The molecule has 0 atom stereocenters. The van der Waals surface area contributed by atoms with Gasteiger partial charge in [-0.1, -0.05) is 54.1 Å². The van der Waals surface area contributed by atoms with Gasteiger partial charge in [-0.3, -0.25) is 9.36 Å². The van der Waals surface area contributed by atoms with E-state index in [0.29, 0.717) is 24.4 Å². The van der Waals surface area contributed by atoms with Crippen molar-refractivity contribution in [1.29, 1.82) is 0 Å². The molecular formula is C23H22N2O2S. The van der Waals surface area contributed by atoms with Crippen molar-refractivity contribution in [3.63, 3.8) is 0 Å². The number of hydrogen-bond acceptors (Lipinski definition) is 4. The maximum atomic E-state index is 13.5. The molecule has 0 unspecified atom stereocenters. The zero-order valence-electron chi connectivity index (χ0n) is 16.2. The lowest BCUT2D eigenvalue weighted by molar-refractivity contribution is 0.186. The minimum atomic E-state index is -0.0165. The molecule has 2 heterocycles. The van der Waals surface area contributed by atoms with E-state index in [4.69, 9.17) is 9.72 Å². The Labute approximate surface area is 168 Å². The van der Waals surface area contributed by atoms with Gasteiger partial charge in [-0.25, -0.2) is 4.98 Å². The van der Waals surface area contributed by atoms with E-state index >= 15 is 0 Å². The van der Waals surface area contributed by atoms with Gasteiger partial charge in [0, 0.05) is 23.6 Å². The van der Waals surface area contributed by atoms with Crippen molar-refractivity contribution >= 4 is 21.6 Å². The highest BCUT2D eigenvalue weighted by Gasteiger charge is 2.18. The Balaban J connectivity index is 1.99. The number of rotatable bonds is 5. The van der Waals surface area contributed by atoms with Crippen LogP contribution in [0.1, 0.15) is 11.1 Å². The molecule has 0 aliphatic carbocycles. The highest BCUT2D eigenvalue weighted by Crippen LogP contribution is 2.34. The molecular weight excluding hydrogens is 368 g/mol. The molecule has 0 bridgehead atoms. The first-order valence-electron chi connectivity index (χ1n) is 9.24. The minimum Gasteiger partial charge on any atom is -0.383 e. The minimum absolute atomic E-state index is 0.0165. The average molecular weight is 391 g/mol. The summed E-state index contributed by atoms with van der Waals surface area (Å²) < 4.78 is 6.98. The van der Waals surface area contributed by atoms with Gasteiger partial charge in [0.05, 0.1) is 18.5 Å². The molecule has 0 N–H and O–H groups in total. The highest BCUT2D eigenvalue weighted by molar-refractivity contribution is 7.17. The quantitative estimate of drug-likeness (QED) is 0.479. The number of thiophene rings is 1. The molecule has 4 aromatic rings. The van der Waals surface area contributed by atoms with Crippen molar-refractivity contribution in [2.24, 2.45) is 0 Å². The predicted molar refractivity (Wildman–Crippen MR) is 116 cm³/mol. The van der Waals surface area contributed by atoms with E-state index in [1.807, 2.05) is 35.7 Å². The summed E-state index contributed by atoms with van der Waals surface area (Å²) in [6.07, 6.45) is 0. The fourth-order valence-corrected chi connectivity index (χ4v) is 4.46. The molecule has 0 saturated carbocycles. The molecule has 0 spiro atoms. The molecule has 4 nitrogen and oxygen atoms in total. The number of ether oxygens (including phenoxy) is 1. The summed E-state index contributed by atoms with van der Waals surface area (Å²) >= 11 is 1.52. The van der Waals surface area contributed by atoms with Crippen molar-refractivity contribution in [3.05, 3.63) is 75.4 Å². The van der Waals surface area contributed by atoms with E-state index in [1.54, 1.807) is 11.7 Å². The zero-order valence-corrected chi connectivity index (χ0v) is 17.0. The maximum absolute atomic E-state index is 13.5. The Kier molecular flexibility index (Phi) is 5.11. The third-order valence-electron chi connectivity index (χ3n) is 4.92. The molecule has 2 aromatic heterocycles. The van der Waals surface area contributed by atoms with Crippen LogP contribution < -0.4 is 5.56 Å². The summed E-state index contributed by atoms with van der Waals surface area (Å²) in [6.45, 7) is 5.08. The summed E-state index contributed by atoms with van der Waals surface area (Å²) in [6, 6.07) is 16.2. The summed E-state index contributed by atoms with van der Waals surface area (Å²) in [4.78, 5) is 19.2. The molecule has 0 aliphatic heterocycles. The van der Waals surface area contributed by atoms with Crippen LogP contribution in [0.15, 0.2) is 58.7 Å². The lowest BCUT2D eigenvalue weighted by Crippen LogP contribution is -2.25. The average Bonchev–Trinajstić information content (AvgIpc) is 3.12. The summed E-state index contributed by atoms with van der Waals surface area (Å²) in [5.74, 6) is 0.684. The van der Waals surface area contributed by atoms with Gasteiger partial charge in [0.2, 0.25) is 0 Å². The Hall–Kier alpha value is -2.76. The molecule has 4 rings (SSSR count). The number of aryl methyl sites for hydroxylation is 2. The maximum Gasteiger partial charge on any atom is 0.263 e. The SMILES string of the molecule is COCCn1c(-c2ccccc2)nc2scc(-c3ccc(C)cc3C)c2c1=O. The van der Waals surface area contributed by atoms with Crippen LogP contribution in [0.3, 0.4) is 0 Å². The lowest BCUT2D eigenvalue weighted by Gasteiger charge is -2.13. The first-order valence-corrected chi connectivity index (χ1v) is 10.1. The number of methoxy groups -OCH3 is 1. The smallest absolute Gasteiger partial charge is 0.263 e. The second kappa shape index (κ2) is 7.70. The Bertz CT molecular complexity index is 1190. The van der Waals surface area contributed by atoms with Crippen molar-refractivity contribution in [3.8, 4) is 22.5 Å². The first-order chi connectivity index (χ1) is 13.6. The van der Waals surface area contributed by atoms with Crippen LogP contribution >= 0.6 is 11.3 Å². The molecule has 0 amide bonds. The van der Waals surface area contributed by atoms with Crippen LogP contribution in [0.2, 0.25) is 0 Å². The van der Waals surface area contributed by atoms with Crippen molar-refractivity contribution < 1.29 is 4.74 Å². The van der Waals surface area contributed by atoms with Gasteiger partial charge in [0.15, 0.2) is 0 Å². The van der Waals surface area contributed by atoms with Gasteiger partial charge in [0.1, 0.15) is 10.7 Å². The number of hydrogen-bond donors (Lipinski definition) is 0. The van der Waals surface area contributed by atoms with Crippen LogP contribution in [0, 0.1) is 13.8 Å². The summed E-state index contributed by atoms with van der Waals surface area (Å²) in [7, 11) is 1.64. The van der Waals surface area contributed by atoms with E-state index < -0.39 is 0 Å².